The van der Waals surface area contributed by atoms with Crippen molar-refractivity contribution in [2.24, 2.45) is 0 Å². The first-order valence-electron chi connectivity index (χ1n) is 20.4. The van der Waals surface area contributed by atoms with E-state index in [-0.39, 0.29) is 68.9 Å². The Morgan fingerprint density at radius 2 is 0.696 bits per heavy atom. The Hall–Kier alpha value is -5.85. The smallest absolute Gasteiger partial charge is 0.335 e. The first-order valence-corrected chi connectivity index (χ1v) is 27.0. The van der Waals surface area contributed by atoms with E-state index in [1.807, 2.05) is 72.1 Å². The third kappa shape index (κ3) is 62.2. The lowest BCUT2D eigenvalue weighted by atomic mass is 10.1. The van der Waals surface area contributed by atoms with E-state index >= 15 is 0 Å². The molecule has 0 fully saturated rings. The van der Waals surface area contributed by atoms with Crippen LogP contribution in [0.1, 0.15) is 115 Å². The molecule has 0 aliphatic rings. The van der Waals surface area contributed by atoms with Crippen LogP contribution in [0.25, 0.3) is 18.2 Å². The predicted octanol–water partition coefficient (Wildman–Crippen LogP) is 18.0. The van der Waals surface area contributed by atoms with Gasteiger partial charge in [-0.3, -0.25) is 0 Å². The molecule has 1 rings (SSSR count). The summed E-state index contributed by atoms with van der Waals surface area (Å²) in [5.74, 6) is -2.16. The number of rotatable bonds is 23. The van der Waals surface area contributed by atoms with Gasteiger partial charge in [-0.15, -0.1) is 39.5 Å². The maximum atomic E-state index is 10.8. The molecule has 0 unspecified atom stereocenters. The van der Waals surface area contributed by atoms with Gasteiger partial charge in [0, 0.05) is 22.3 Å². The molecule has 1 aromatic rings. The standard InChI is InChI=1S/C12H12.C10H14O4.C9H12O4.C8H16Si.C8H14.C6H12Si.6CH4/c1-4-10-7-11(5-2)9-12(6-3)8-10;1-7(2)9(11)13-5-6-14-10(12)8(3)4;1-6(2)8(10)12-5-13-9(11)7(3)4;1-5-7-9(3,4)8-6-2;1-3-5-7-8-6-4-2;1-5-7(3,4)6-2;;;;;;/h4-9H,1-3H2;1,3,5-6H2,2,4H3;1,3,5H2,2,4H3;5-6H,1-2,7-8H2,3-4H3;3-4H,1-2,5-8H2;5-6H,1-2H2,3-4H3;6*1H4. The number of unbranched alkanes of at least 4 members (excludes halogenated alkanes) is 3. The van der Waals surface area contributed by atoms with Crippen molar-refractivity contribution in [3.05, 3.63) is 178 Å². The van der Waals surface area contributed by atoms with Gasteiger partial charge in [0.1, 0.15) is 13.2 Å². The van der Waals surface area contributed by atoms with Gasteiger partial charge in [-0.25, -0.2) is 19.2 Å². The van der Waals surface area contributed by atoms with Gasteiger partial charge in [-0.2, -0.15) is 0 Å². The quantitative estimate of drug-likeness (QED) is 0.0203. The fourth-order valence-electron chi connectivity index (χ4n) is 3.48. The molecule has 8 nitrogen and oxygen atoms in total. The molecule has 0 heterocycles. The molecule has 1 aromatic carbocycles. The van der Waals surface area contributed by atoms with Crippen molar-refractivity contribution in [1.29, 1.82) is 0 Å². The summed E-state index contributed by atoms with van der Waals surface area (Å²) in [7, 11) is -2.06. The van der Waals surface area contributed by atoms with Crippen molar-refractivity contribution in [2.45, 2.75) is 136 Å². The van der Waals surface area contributed by atoms with Crippen molar-refractivity contribution in [1.82, 2.24) is 0 Å². The number of carbonyl (C=O) groups excluding carboxylic acids is 4. The molecule has 0 radical (unpaired) electrons. The Morgan fingerprint density at radius 1 is 0.449 bits per heavy atom. The van der Waals surface area contributed by atoms with Crippen LogP contribution in [0.4, 0.5) is 0 Å². The number of esters is 4. The highest BCUT2D eigenvalue weighted by atomic mass is 28.3. The second-order valence-corrected chi connectivity index (χ2v) is 24.8. The van der Waals surface area contributed by atoms with Gasteiger partial charge in [0.2, 0.25) is 6.79 Å². The fraction of sp³-hybridized carbons (Fsp3) is 0.390. The molecular formula is C59H104O8Si2. The van der Waals surface area contributed by atoms with Crippen LogP contribution < -0.4 is 0 Å². The largest absolute Gasteiger partial charge is 0.459 e. The van der Waals surface area contributed by atoms with Crippen molar-refractivity contribution in [3.8, 4) is 0 Å². The van der Waals surface area contributed by atoms with Gasteiger partial charge in [0.15, 0.2) is 0 Å². The molecular weight excluding hydrogens is 893 g/mol. The van der Waals surface area contributed by atoms with Crippen molar-refractivity contribution in [2.75, 3.05) is 20.0 Å². The molecule has 0 aromatic heterocycles. The van der Waals surface area contributed by atoms with Crippen LogP contribution in [0, 0.1) is 0 Å². The van der Waals surface area contributed by atoms with Crippen LogP contribution in [0.15, 0.2) is 162 Å². The number of hydrogen-bond acceptors (Lipinski definition) is 8. The minimum Gasteiger partial charge on any atom is -0.459 e. The lowest BCUT2D eigenvalue weighted by Crippen LogP contribution is -2.22. The summed E-state index contributed by atoms with van der Waals surface area (Å²) in [6.45, 7) is 61.6. The van der Waals surface area contributed by atoms with Gasteiger partial charge < -0.3 is 18.9 Å². The lowest BCUT2D eigenvalue weighted by Gasteiger charge is -2.16. The summed E-state index contributed by atoms with van der Waals surface area (Å²) < 4.78 is 18.4. The molecule has 0 saturated heterocycles. The highest BCUT2D eigenvalue weighted by Crippen LogP contribution is 2.15. The number of ether oxygens (including phenoxy) is 4. The highest BCUT2D eigenvalue weighted by molar-refractivity contribution is 6.86. The Morgan fingerprint density at radius 3 is 0.870 bits per heavy atom. The van der Waals surface area contributed by atoms with E-state index in [1.165, 1.54) is 38.8 Å². The molecule has 0 atom stereocenters. The van der Waals surface area contributed by atoms with E-state index in [2.05, 4.69) is 131 Å². The molecule has 0 N–H and O–H groups in total. The Labute approximate surface area is 429 Å². The third-order valence-corrected chi connectivity index (χ3v) is 12.4. The van der Waals surface area contributed by atoms with Crippen LogP contribution in [-0.2, 0) is 38.1 Å². The average Bonchev–Trinajstić information content (AvgIpc) is 3.24. The summed E-state index contributed by atoms with van der Waals surface area (Å²) in [5, 5.41) is 0. The zero-order valence-electron chi connectivity index (χ0n) is 40.3. The molecule has 0 bridgehead atoms. The summed E-state index contributed by atoms with van der Waals surface area (Å²) in [6.07, 6.45) is 18.2. The molecule has 0 aliphatic heterocycles. The maximum absolute atomic E-state index is 10.8. The van der Waals surface area contributed by atoms with Crippen molar-refractivity contribution in [3.63, 3.8) is 0 Å². The second-order valence-electron chi connectivity index (χ2n) is 15.2. The van der Waals surface area contributed by atoms with Gasteiger partial charge in [0.05, 0.1) is 16.1 Å². The highest BCUT2D eigenvalue weighted by Gasteiger charge is 2.15. The predicted molar refractivity (Wildman–Crippen MR) is 320 cm³/mol. The van der Waals surface area contributed by atoms with Crippen LogP contribution in [0.2, 0.25) is 38.3 Å². The summed E-state index contributed by atoms with van der Waals surface area (Å²) in [5.41, 5.74) is 8.47. The Kier molecular flexibility index (Phi) is 73.4. The third-order valence-electron chi connectivity index (χ3n) is 7.54. The number of benzene rings is 1. The average molecular weight is 998 g/mol. The monoisotopic (exact) mass is 997 g/mol. The van der Waals surface area contributed by atoms with Crippen LogP contribution in [0.5, 0.6) is 0 Å². The summed E-state index contributed by atoms with van der Waals surface area (Å²) in [4.78, 5) is 43.2. The second kappa shape index (κ2) is 56.5. The maximum Gasteiger partial charge on any atom is 0.335 e. The fourth-order valence-corrected chi connectivity index (χ4v) is 5.38. The molecule has 0 saturated carbocycles. The number of allylic oxidation sites excluding steroid dienone is 4. The Balaban J connectivity index is -0.0000000648. The molecule has 10 heteroatoms. The number of hydrogen-bond donors (Lipinski definition) is 0. The van der Waals surface area contributed by atoms with E-state index in [1.54, 1.807) is 13.8 Å². The van der Waals surface area contributed by atoms with Crippen molar-refractivity contribution < 1.29 is 38.1 Å². The van der Waals surface area contributed by atoms with E-state index in [4.69, 9.17) is 0 Å². The van der Waals surface area contributed by atoms with E-state index in [9.17, 15) is 19.2 Å². The molecule has 0 spiro atoms. The lowest BCUT2D eigenvalue weighted by molar-refractivity contribution is -0.161. The molecule has 69 heavy (non-hydrogen) atoms. The van der Waals surface area contributed by atoms with Gasteiger partial charge in [-0.05, 0) is 100 Å². The number of carbonyl (C=O) groups is 4. The van der Waals surface area contributed by atoms with Crippen molar-refractivity contribution >= 4 is 58.3 Å². The zero-order chi connectivity index (χ0) is 50.0. The Bertz CT molecular complexity index is 1560. The normalized spacial score (nSPS) is 8.52. The molecule has 0 aliphatic carbocycles. The van der Waals surface area contributed by atoms with Crippen LogP contribution in [0.3, 0.4) is 0 Å². The van der Waals surface area contributed by atoms with Gasteiger partial charge >= 0.3 is 23.9 Å². The van der Waals surface area contributed by atoms with E-state index in [0.717, 1.165) is 29.5 Å². The molecule has 396 valence electrons. The molecule has 0 amide bonds. The minimum absolute atomic E-state index is 0. The summed E-state index contributed by atoms with van der Waals surface area (Å²) >= 11 is 0. The van der Waals surface area contributed by atoms with Gasteiger partial charge in [0.25, 0.3) is 0 Å². The first-order chi connectivity index (χ1) is 29.3. The minimum atomic E-state index is -1.12. The summed E-state index contributed by atoms with van der Waals surface area (Å²) in [6, 6.07) is 8.52. The topological polar surface area (TPSA) is 105 Å². The van der Waals surface area contributed by atoms with E-state index in [0.29, 0.717) is 11.1 Å². The SMILES string of the molecule is C.C.C.C.C.C.C=C(C)C(=O)OCCOC(=O)C(=C)C.C=C(C)C(=O)OCOC(=O)C(=C)C.C=CCCCCC=C.C=CC[Si](C)(C)CC=C.C=C[Si](C)(C)C=C.C=Cc1cc(C=C)cc(C=C)c1. The van der Waals surface area contributed by atoms with Crippen LogP contribution in [-0.4, -0.2) is 60.0 Å². The van der Waals surface area contributed by atoms with Crippen LogP contribution >= 0.6 is 0 Å². The zero-order valence-corrected chi connectivity index (χ0v) is 42.3. The van der Waals surface area contributed by atoms with E-state index < -0.39 is 46.8 Å². The van der Waals surface area contributed by atoms with Gasteiger partial charge in [-0.1, -0.05) is 171 Å². The first kappa shape index (κ1) is 89.7.